The second-order valence-corrected chi connectivity index (χ2v) is 4.91. The van der Waals surface area contributed by atoms with E-state index in [1.54, 1.807) is 5.84 Å². The van der Waals surface area contributed by atoms with Gasteiger partial charge >= 0.3 is 0 Å². The Balaban J connectivity index is 0.00000128. The van der Waals surface area contributed by atoms with Gasteiger partial charge in [0.05, 0.1) is 26.2 Å². The summed E-state index contributed by atoms with van der Waals surface area (Å²) in [6, 6.07) is 0. The molecule has 16 heavy (non-hydrogen) atoms. The molecular weight excluding hydrogens is 220 g/mol. The highest BCUT2D eigenvalue weighted by atomic mass is 35.5. The molecule has 94 valence electrons. The molecule has 0 aromatic carbocycles. The quantitative estimate of drug-likeness (QED) is 0.606. The lowest BCUT2D eigenvalue weighted by Gasteiger charge is -2.26. The summed E-state index contributed by atoms with van der Waals surface area (Å²) in [5.74, 6) is 1.67. The van der Waals surface area contributed by atoms with Crippen LogP contribution in [-0.2, 0) is 0 Å². The van der Waals surface area contributed by atoms with Crippen LogP contribution in [0.5, 0.6) is 0 Å². The number of hydrogen-bond donors (Lipinski definition) is 0. The van der Waals surface area contributed by atoms with E-state index in [4.69, 9.17) is 0 Å². The van der Waals surface area contributed by atoms with Crippen molar-refractivity contribution in [3.63, 3.8) is 0 Å². The zero-order chi connectivity index (χ0) is 10.5. The molecule has 0 aliphatic carbocycles. The predicted molar refractivity (Wildman–Crippen MR) is 64.6 cm³/mol. The molecule has 0 aromatic rings. The number of rotatable bonds is 3. The SMILES string of the molecule is CCCCN1CCC[N+]2=C1CCCCC2.[Cl-]. The summed E-state index contributed by atoms with van der Waals surface area (Å²) in [7, 11) is 0. The smallest absolute Gasteiger partial charge is 0.246 e. The Morgan fingerprint density at radius 3 is 2.75 bits per heavy atom. The fourth-order valence-electron chi connectivity index (χ4n) is 2.82. The Morgan fingerprint density at radius 2 is 1.94 bits per heavy atom. The lowest BCUT2D eigenvalue weighted by molar-refractivity contribution is -0.539. The summed E-state index contributed by atoms with van der Waals surface area (Å²) >= 11 is 0. The lowest BCUT2D eigenvalue weighted by atomic mass is 10.2. The summed E-state index contributed by atoms with van der Waals surface area (Å²) in [6.07, 6.45) is 9.64. The Labute approximate surface area is 106 Å². The van der Waals surface area contributed by atoms with E-state index in [1.165, 1.54) is 71.1 Å². The van der Waals surface area contributed by atoms with Crippen LogP contribution in [0.2, 0.25) is 0 Å². The summed E-state index contributed by atoms with van der Waals surface area (Å²) in [4.78, 5) is 2.66. The van der Waals surface area contributed by atoms with Crippen molar-refractivity contribution < 1.29 is 17.0 Å². The molecular formula is C13H25ClN2. The molecule has 0 amide bonds. The van der Waals surface area contributed by atoms with Gasteiger partial charge in [-0.3, -0.25) is 9.48 Å². The number of nitrogens with zero attached hydrogens (tertiary/aromatic N) is 2. The van der Waals surface area contributed by atoms with Crippen molar-refractivity contribution in [2.45, 2.75) is 51.9 Å². The number of amidine groups is 1. The van der Waals surface area contributed by atoms with Gasteiger partial charge in [-0.1, -0.05) is 13.3 Å². The fraction of sp³-hybridized carbons (Fsp3) is 0.923. The molecule has 0 N–H and O–H groups in total. The molecule has 2 aliphatic heterocycles. The lowest BCUT2D eigenvalue weighted by Crippen LogP contribution is -3.00. The van der Waals surface area contributed by atoms with E-state index in [1.807, 2.05) is 0 Å². The van der Waals surface area contributed by atoms with Crippen molar-refractivity contribution in [1.82, 2.24) is 4.90 Å². The highest BCUT2D eigenvalue weighted by Gasteiger charge is 2.27. The minimum absolute atomic E-state index is 0. The van der Waals surface area contributed by atoms with E-state index in [-0.39, 0.29) is 12.4 Å². The van der Waals surface area contributed by atoms with Gasteiger partial charge in [0.2, 0.25) is 5.84 Å². The molecule has 0 unspecified atom stereocenters. The predicted octanol–water partition coefficient (Wildman–Crippen LogP) is -0.519. The van der Waals surface area contributed by atoms with E-state index in [9.17, 15) is 0 Å². The van der Waals surface area contributed by atoms with Crippen molar-refractivity contribution in [1.29, 1.82) is 0 Å². The fourth-order valence-corrected chi connectivity index (χ4v) is 2.82. The van der Waals surface area contributed by atoms with Crippen LogP contribution in [0, 0.1) is 0 Å². The van der Waals surface area contributed by atoms with E-state index >= 15 is 0 Å². The summed E-state index contributed by atoms with van der Waals surface area (Å²) in [5.41, 5.74) is 0. The van der Waals surface area contributed by atoms with Gasteiger partial charge in [-0.15, -0.1) is 0 Å². The zero-order valence-corrected chi connectivity index (χ0v) is 11.3. The molecule has 0 saturated heterocycles. The van der Waals surface area contributed by atoms with Gasteiger partial charge in [-0.25, -0.2) is 0 Å². The summed E-state index contributed by atoms with van der Waals surface area (Å²) < 4.78 is 2.66. The number of unbranched alkanes of at least 4 members (excludes halogenated alkanes) is 1. The van der Waals surface area contributed by atoms with Crippen LogP contribution in [0.25, 0.3) is 0 Å². The van der Waals surface area contributed by atoms with Crippen molar-refractivity contribution >= 4 is 5.84 Å². The van der Waals surface area contributed by atoms with Gasteiger partial charge in [0, 0.05) is 12.8 Å². The van der Waals surface area contributed by atoms with Gasteiger partial charge in [-0.2, -0.15) is 0 Å². The minimum atomic E-state index is 0. The standard InChI is InChI=1S/C13H25N2.ClH/c1-2-3-9-14-11-7-12-15-10-6-4-5-8-13(14)15;/h2-12H2,1H3;1H/q+1;/p-1. The van der Waals surface area contributed by atoms with Gasteiger partial charge in [0.15, 0.2) is 0 Å². The van der Waals surface area contributed by atoms with Crippen molar-refractivity contribution in [2.75, 3.05) is 26.2 Å². The Morgan fingerprint density at radius 1 is 1.12 bits per heavy atom. The summed E-state index contributed by atoms with van der Waals surface area (Å²) in [6.45, 7) is 7.53. The number of halogens is 1. The van der Waals surface area contributed by atoms with Crippen LogP contribution in [0.4, 0.5) is 0 Å². The summed E-state index contributed by atoms with van der Waals surface area (Å²) in [5, 5.41) is 0. The van der Waals surface area contributed by atoms with Crippen molar-refractivity contribution in [3.8, 4) is 0 Å². The molecule has 0 saturated carbocycles. The molecule has 2 nitrogen and oxygen atoms in total. The van der Waals surface area contributed by atoms with E-state index in [0.717, 1.165) is 0 Å². The molecule has 2 heterocycles. The molecule has 0 aromatic heterocycles. The first kappa shape index (κ1) is 13.8. The van der Waals surface area contributed by atoms with Gasteiger partial charge < -0.3 is 12.4 Å². The first-order chi connectivity index (χ1) is 7.42. The molecule has 2 rings (SSSR count). The molecule has 0 radical (unpaired) electrons. The average molecular weight is 245 g/mol. The highest BCUT2D eigenvalue weighted by molar-refractivity contribution is 5.77. The Bertz CT molecular complexity index is 238. The maximum atomic E-state index is 2.66. The first-order valence-corrected chi connectivity index (χ1v) is 6.77. The molecule has 0 spiro atoms. The van der Waals surface area contributed by atoms with Crippen molar-refractivity contribution in [3.05, 3.63) is 0 Å². The van der Waals surface area contributed by atoms with Gasteiger partial charge in [0.25, 0.3) is 0 Å². The van der Waals surface area contributed by atoms with Gasteiger partial charge in [-0.05, 0) is 25.7 Å². The maximum absolute atomic E-state index is 2.66. The first-order valence-electron chi connectivity index (χ1n) is 6.77. The number of hydrogen-bond acceptors (Lipinski definition) is 1. The van der Waals surface area contributed by atoms with E-state index < -0.39 is 0 Å². The normalized spacial score (nSPS) is 21.2. The Kier molecular flexibility index (Phi) is 6.18. The van der Waals surface area contributed by atoms with E-state index in [2.05, 4.69) is 16.4 Å². The van der Waals surface area contributed by atoms with Crippen LogP contribution in [0.15, 0.2) is 0 Å². The van der Waals surface area contributed by atoms with Crippen LogP contribution in [-0.4, -0.2) is 41.5 Å². The van der Waals surface area contributed by atoms with Crippen LogP contribution >= 0.6 is 0 Å². The van der Waals surface area contributed by atoms with Crippen molar-refractivity contribution in [2.24, 2.45) is 0 Å². The van der Waals surface area contributed by atoms with Crippen LogP contribution in [0.1, 0.15) is 51.9 Å². The minimum Gasteiger partial charge on any atom is -1.00 e. The molecule has 0 bridgehead atoms. The zero-order valence-electron chi connectivity index (χ0n) is 10.6. The molecule has 0 atom stereocenters. The molecule has 0 fully saturated rings. The molecule has 2 aliphatic rings. The third-order valence-electron chi connectivity index (χ3n) is 3.70. The maximum Gasteiger partial charge on any atom is 0.246 e. The van der Waals surface area contributed by atoms with E-state index in [0.29, 0.717) is 0 Å². The average Bonchev–Trinajstić information content (AvgIpc) is 2.51. The van der Waals surface area contributed by atoms with Gasteiger partial charge in [0.1, 0.15) is 0 Å². The molecule has 3 heteroatoms. The second-order valence-electron chi connectivity index (χ2n) is 4.91. The topological polar surface area (TPSA) is 6.25 Å². The second kappa shape index (κ2) is 7.16. The van der Waals surface area contributed by atoms with Crippen LogP contribution < -0.4 is 12.4 Å². The monoisotopic (exact) mass is 244 g/mol. The largest absolute Gasteiger partial charge is 1.00 e. The Hall–Kier alpha value is -0.240. The third kappa shape index (κ3) is 3.38. The highest BCUT2D eigenvalue weighted by Crippen LogP contribution is 2.15. The third-order valence-corrected chi connectivity index (χ3v) is 3.70. The van der Waals surface area contributed by atoms with Crippen LogP contribution in [0.3, 0.4) is 0 Å².